The van der Waals surface area contributed by atoms with E-state index in [1.54, 1.807) is 18.2 Å². The number of rotatable bonds is 1. The average Bonchev–Trinajstić information content (AvgIpc) is 2.84. The van der Waals surface area contributed by atoms with Crippen molar-refractivity contribution in [3.63, 3.8) is 0 Å². The molecular formula is C15H8F4. The lowest BCUT2D eigenvalue weighted by Crippen LogP contribution is -2.01. The molecule has 1 aliphatic rings. The molecule has 0 radical (unpaired) electrons. The SMILES string of the molecule is Fc1cc(C2=CCc3ccccc32)c(F)c(F)c1F. The van der Waals surface area contributed by atoms with Gasteiger partial charge in [-0.2, -0.15) is 0 Å². The van der Waals surface area contributed by atoms with Crippen LogP contribution in [0.25, 0.3) is 5.57 Å². The summed E-state index contributed by atoms with van der Waals surface area (Å²) in [5.74, 6) is -6.31. The minimum Gasteiger partial charge on any atom is -0.204 e. The molecule has 0 fully saturated rings. The Morgan fingerprint density at radius 1 is 0.789 bits per heavy atom. The Kier molecular flexibility index (Phi) is 2.66. The largest absolute Gasteiger partial charge is 0.204 e. The summed E-state index contributed by atoms with van der Waals surface area (Å²) in [7, 11) is 0. The third kappa shape index (κ3) is 1.75. The van der Waals surface area contributed by atoms with Gasteiger partial charge in [0.05, 0.1) is 0 Å². The summed E-state index contributed by atoms with van der Waals surface area (Å²) in [6.45, 7) is 0. The second kappa shape index (κ2) is 4.23. The van der Waals surface area contributed by atoms with Gasteiger partial charge in [0.25, 0.3) is 0 Å². The molecule has 0 atom stereocenters. The van der Waals surface area contributed by atoms with Crippen molar-refractivity contribution in [1.29, 1.82) is 0 Å². The van der Waals surface area contributed by atoms with Crippen molar-refractivity contribution in [2.45, 2.75) is 6.42 Å². The Morgan fingerprint density at radius 3 is 2.32 bits per heavy atom. The fraction of sp³-hybridized carbons (Fsp3) is 0.0667. The molecule has 3 rings (SSSR count). The first-order valence-corrected chi connectivity index (χ1v) is 5.71. The van der Waals surface area contributed by atoms with Crippen LogP contribution in [0.1, 0.15) is 16.7 Å². The zero-order valence-corrected chi connectivity index (χ0v) is 9.68. The Balaban J connectivity index is 2.21. The molecule has 0 saturated carbocycles. The number of benzene rings is 2. The Bertz CT molecular complexity index is 702. The number of halogens is 4. The highest BCUT2D eigenvalue weighted by atomic mass is 19.2. The van der Waals surface area contributed by atoms with Crippen LogP contribution in [0, 0.1) is 23.3 Å². The molecule has 0 aromatic heterocycles. The second-order valence-electron chi connectivity index (χ2n) is 4.33. The maximum absolute atomic E-state index is 13.8. The summed E-state index contributed by atoms with van der Waals surface area (Å²) < 4.78 is 53.2. The molecule has 1 aliphatic carbocycles. The van der Waals surface area contributed by atoms with Gasteiger partial charge >= 0.3 is 0 Å². The van der Waals surface area contributed by atoms with E-state index in [1.165, 1.54) is 0 Å². The molecule has 0 spiro atoms. The zero-order valence-electron chi connectivity index (χ0n) is 9.68. The van der Waals surface area contributed by atoms with E-state index in [4.69, 9.17) is 0 Å². The highest BCUT2D eigenvalue weighted by molar-refractivity contribution is 5.84. The van der Waals surface area contributed by atoms with Gasteiger partial charge in [0.15, 0.2) is 23.3 Å². The zero-order chi connectivity index (χ0) is 13.6. The topological polar surface area (TPSA) is 0 Å². The van der Waals surface area contributed by atoms with Crippen LogP contribution < -0.4 is 0 Å². The van der Waals surface area contributed by atoms with Gasteiger partial charge in [0.2, 0.25) is 0 Å². The van der Waals surface area contributed by atoms with Crippen LogP contribution in [0.3, 0.4) is 0 Å². The van der Waals surface area contributed by atoms with Gasteiger partial charge in [-0.05, 0) is 29.2 Å². The molecule has 19 heavy (non-hydrogen) atoms. The standard InChI is InChI=1S/C15H8F4/c16-12-7-11(13(17)15(19)14(12)18)10-6-5-8-3-1-2-4-9(8)10/h1-4,6-7H,5H2. The fourth-order valence-electron chi connectivity index (χ4n) is 2.31. The number of fused-ring (bicyclic) bond motifs is 1. The molecule has 0 nitrogen and oxygen atoms in total. The van der Waals surface area contributed by atoms with E-state index in [-0.39, 0.29) is 5.56 Å². The first kappa shape index (κ1) is 12.0. The normalized spacial score (nSPS) is 13.4. The highest BCUT2D eigenvalue weighted by Crippen LogP contribution is 2.35. The average molecular weight is 264 g/mol. The van der Waals surface area contributed by atoms with Crippen molar-refractivity contribution in [2.24, 2.45) is 0 Å². The lowest BCUT2D eigenvalue weighted by Gasteiger charge is -2.09. The van der Waals surface area contributed by atoms with Gasteiger partial charge in [0.1, 0.15) is 0 Å². The lowest BCUT2D eigenvalue weighted by molar-refractivity contribution is 0.408. The first-order chi connectivity index (χ1) is 9.09. The van der Waals surface area contributed by atoms with Crippen molar-refractivity contribution in [1.82, 2.24) is 0 Å². The van der Waals surface area contributed by atoms with Crippen molar-refractivity contribution < 1.29 is 17.6 Å². The van der Waals surface area contributed by atoms with Crippen LogP contribution in [0.5, 0.6) is 0 Å². The lowest BCUT2D eigenvalue weighted by atomic mass is 9.98. The third-order valence-electron chi connectivity index (χ3n) is 3.23. The van der Waals surface area contributed by atoms with Crippen molar-refractivity contribution in [3.05, 3.63) is 76.4 Å². The first-order valence-electron chi connectivity index (χ1n) is 5.71. The van der Waals surface area contributed by atoms with E-state index in [2.05, 4.69) is 0 Å². The van der Waals surface area contributed by atoms with Gasteiger partial charge in [-0.1, -0.05) is 30.3 Å². The molecule has 0 unspecified atom stereocenters. The van der Waals surface area contributed by atoms with Crippen LogP contribution in [0.2, 0.25) is 0 Å². The summed E-state index contributed by atoms with van der Waals surface area (Å²) in [5, 5.41) is 0. The molecule has 0 aliphatic heterocycles. The second-order valence-corrected chi connectivity index (χ2v) is 4.33. The van der Waals surface area contributed by atoms with Crippen LogP contribution in [-0.2, 0) is 6.42 Å². The van der Waals surface area contributed by atoms with E-state index in [0.29, 0.717) is 23.6 Å². The minimum atomic E-state index is -1.78. The molecular weight excluding hydrogens is 256 g/mol. The predicted molar refractivity (Wildman–Crippen MR) is 63.5 cm³/mol. The highest BCUT2D eigenvalue weighted by Gasteiger charge is 2.24. The molecule has 4 heteroatoms. The minimum absolute atomic E-state index is 0.249. The Hall–Kier alpha value is -2.10. The number of hydrogen-bond acceptors (Lipinski definition) is 0. The van der Waals surface area contributed by atoms with Crippen LogP contribution in [0.15, 0.2) is 36.4 Å². The van der Waals surface area contributed by atoms with E-state index in [1.807, 2.05) is 12.1 Å². The maximum Gasteiger partial charge on any atom is 0.198 e. The van der Waals surface area contributed by atoms with Crippen LogP contribution in [0.4, 0.5) is 17.6 Å². The van der Waals surface area contributed by atoms with E-state index < -0.39 is 23.3 Å². The van der Waals surface area contributed by atoms with Gasteiger partial charge in [-0.15, -0.1) is 0 Å². The summed E-state index contributed by atoms with van der Waals surface area (Å²) in [4.78, 5) is 0. The van der Waals surface area contributed by atoms with Crippen LogP contribution in [-0.4, -0.2) is 0 Å². The monoisotopic (exact) mass is 264 g/mol. The van der Waals surface area contributed by atoms with Crippen LogP contribution >= 0.6 is 0 Å². The van der Waals surface area contributed by atoms with Crippen molar-refractivity contribution in [2.75, 3.05) is 0 Å². The smallest absolute Gasteiger partial charge is 0.198 e. The van der Waals surface area contributed by atoms with Crippen molar-refractivity contribution >= 4 is 5.57 Å². The molecule has 96 valence electrons. The third-order valence-corrected chi connectivity index (χ3v) is 3.23. The fourth-order valence-corrected chi connectivity index (χ4v) is 2.31. The van der Waals surface area contributed by atoms with E-state index in [0.717, 1.165) is 5.56 Å². The number of allylic oxidation sites excluding steroid dienone is 1. The van der Waals surface area contributed by atoms with Gasteiger partial charge in [-0.25, -0.2) is 17.6 Å². The van der Waals surface area contributed by atoms with Gasteiger partial charge in [0, 0.05) is 5.56 Å². The maximum atomic E-state index is 13.8. The van der Waals surface area contributed by atoms with Gasteiger partial charge in [-0.3, -0.25) is 0 Å². The summed E-state index contributed by atoms with van der Waals surface area (Å²) in [6.07, 6.45) is 2.24. The Morgan fingerprint density at radius 2 is 1.53 bits per heavy atom. The molecule has 2 aromatic carbocycles. The van der Waals surface area contributed by atoms with E-state index >= 15 is 0 Å². The predicted octanol–water partition coefficient (Wildman–Crippen LogP) is 4.23. The molecule has 0 bridgehead atoms. The summed E-state index contributed by atoms with van der Waals surface area (Å²) in [5.41, 5.74) is 1.81. The van der Waals surface area contributed by atoms with E-state index in [9.17, 15) is 17.6 Å². The quantitative estimate of drug-likeness (QED) is 0.411. The molecule has 0 heterocycles. The summed E-state index contributed by atoms with van der Waals surface area (Å²) in [6, 6.07) is 7.88. The molecule has 2 aromatic rings. The molecule has 0 N–H and O–H groups in total. The van der Waals surface area contributed by atoms with Gasteiger partial charge < -0.3 is 0 Å². The summed E-state index contributed by atoms with van der Waals surface area (Å²) >= 11 is 0. The molecule has 0 saturated heterocycles. The number of hydrogen-bond donors (Lipinski definition) is 0. The molecule has 0 amide bonds. The van der Waals surface area contributed by atoms with Crippen molar-refractivity contribution in [3.8, 4) is 0 Å². The Labute approximate surface area is 107 Å².